The molecule has 0 saturated carbocycles. The number of hydrogen-bond donors (Lipinski definition) is 1. The summed E-state index contributed by atoms with van der Waals surface area (Å²) in [6.45, 7) is 6.13. The van der Waals surface area contributed by atoms with E-state index in [1.165, 1.54) is 0 Å². The summed E-state index contributed by atoms with van der Waals surface area (Å²) in [5.74, 6) is -1.05. The molecule has 1 aliphatic heterocycles. The molecule has 1 N–H and O–H groups in total. The summed E-state index contributed by atoms with van der Waals surface area (Å²) in [7, 11) is 0. The molecule has 1 heterocycles. The molecule has 5 heteroatoms. The molecule has 5 nitrogen and oxygen atoms in total. The molecule has 0 bridgehead atoms. The van der Waals surface area contributed by atoms with Gasteiger partial charge in [0.15, 0.2) is 0 Å². The number of para-hydroxylation sites is 1. The summed E-state index contributed by atoms with van der Waals surface area (Å²) >= 11 is 0. The van der Waals surface area contributed by atoms with E-state index in [9.17, 15) is 9.59 Å². The number of hydrogen-bond acceptors (Lipinski definition) is 3. The number of ether oxygens (including phenoxy) is 1. The Kier molecular flexibility index (Phi) is 4.62. The van der Waals surface area contributed by atoms with E-state index < -0.39 is 11.9 Å². The quantitative estimate of drug-likeness (QED) is 0.844. The van der Waals surface area contributed by atoms with Crippen LogP contribution >= 0.6 is 0 Å². The van der Waals surface area contributed by atoms with Crippen molar-refractivity contribution in [1.82, 2.24) is 4.90 Å². The van der Waals surface area contributed by atoms with E-state index in [0.29, 0.717) is 30.9 Å². The third kappa shape index (κ3) is 3.07. The topological polar surface area (TPSA) is 66.8 Å². The molecule has 0 spiro atoms. The summed E-state index contributed by atoms with van der Waals surface area (Å²) in [6.07, 6.45) is 2.10. The van der Waals surface area contributed by atoms with Gasteiger partial charge in [-0.05, 0) is 25.5 Å². The third-order valence-electron chi connectivity index (χ3n) is 3.81. The molecular formula is C16H19NO4. The fourth-order valence-corrected chi connectivity index (χ4v) is 2.63. The smallest absolute Gasteiger partial charge is 0.308 e. The van der Waals surface area contributed by atoms with Crippen molar-refractivity contribution < 1.29 is 19.4 Å². The number of amides is 1. The Morgan fingerprint density at radius 3 is 2.81 bits per heavy atom. The number of carboxylic acid groups (broad SMARTS) is 1. The Bertz CT molecular complexity index is 555. The summed E-state index contributed by atoms with van der Waals surface area (Å²) in [5, 5.41) is 9.15. The molecule has 2 atom stereocenters. The fourth-order valence-electron chi connectivity index (χ4n) is 2.63. The van der Waals surface area contributed by atoms with Crippen molar-refractivity contribution in [3.05, 3.63) is 42.5 Å². The van der Waals surface area contributed by atoms with Crippen LogP contribution in [0.1, 0.15) is 23.7 Å². The first-order chi connectivity index (χ1) is 10.1. The normalized spacial score (nSPS) is 21.1. The highest BCUT2D eigenvalue weighted by Gasteiger charge is 2.38. The van der Waals surface area contributed by atoms with Gasteiger partial charge in [0.25, 0.3) is 5.91 Å². The Balaban J connectivity index is 2.21. The lowest BCUT2D eigenvalue weighted by atomic mass is 10.0. The van der Waals surface area contributed by atoms with Gasteiger partial charge in [-0.2, -0.15) is 0 Å². The van der Waals surface area contributed by atoms with E-state index in [2.05, 4.69) is 6.58 Å². The highest BCUT2D eigenvalue weighted by atomic mass is 16.5. The first-order valence-corrected chi connectivity index (χ1v) is 6.92. The molecular weight excluding hydrogens is 270 g/mol. The Hall–Kier alpha value is -2.30. The van der Waals surface area contributed by atoms with E-state index in [-0.39, 0.29) is 11.9 Å². The zero-order valence-electron chi connectivity index (χ0n) is 12.0. The van der Waals surface area contributed by atoms with Crippen molar-refractivity contribution in [2.45, 2.75) is 19.4 Å². The summed E-state index contributed by atoms with van der Waals surface area (Å²) in [5.41, 5.74) is 0.456. The van der Waals surface area contributed by atoms with Crippen LogP contribution in [0.25, 0.3) is 0 Å². The second-order valence-electron chi connectivity index (χ2n) is 5.07. The van der Waals surface area contributed by atoms with Crippen LogP contribution in [0, 0.1) is 5.92 Å². The molecule has 2 unspecified atom stereocenters. The van der Waals surface area contributed by atoms with Crippen LogP contribution in [0.2, 0.25) is 0 Å². The predicted octanol–water partition coefficient (Wildman–Crippen LogP) is 2.19. The van der Waals surface area contributed by atoms with Crippen LogP contribution in [-0.2, 0) is 4.79 Å². The first kappa shape index (κ1) is 15.1. The van der Waals surface area contributed by atoms with Crippen LogP contribution in [-0.4, -0.2) is 41.1 Å². The molecule has 0 aromatic heterocycles. The minimum Gasteiger partial charge on any atom is -0.489 e. The minimum absolute atomic E-state index is 0.189. The molecule has 2 rings (SSSR count). The summed E-state index contributed by atoms with van der Waals surface area (Å²) in [4.78, 5) is 25.4. The number of nitrogens with zero attached hydrogens (tertiary/aromatic N) is 1. The SMILES string of the molecule is C=CCOc1ccccc1C(=O)N1CCC(C(=O)O)C1C. The average Bonchev–Trinajstić information content (AvgIpc) is 2.86. The molecule has 1 aliphatic rings. The van der Waals surface area contributed by atoms with Crippen LogP contribution in [0.15, 0.2) is 36.9 Å². The van der Waals surface area contributed by atoms with Crippen molar-refractivity contribution in [2.24, 2.45) is 5.92 Å². The Morgan fingerprint density at radius 1 is 1.48 bits per heavy atom. The number of carboxylic acids is 1. The summed E-state index contributed by atoms with van der Waals surface area (Å²) in [6, 6.07) is 6.67. The summed E-state index contributed by atoms with van der Waals surface area (Å²) < 4.78 is 5.49. The molecule has 1 fully saturated rings. The van der Waals surface area contributed by atoms with E-state index in [1.54, 1.807) is 42.2 Å². The highest BCUT2D eigenvalue weighted by molar-refractivity contribution is 5.97. The van der Waals surface area contributed by atoms with Gasteiger partial charge in [-0.25, -0.2) is 0 Å². The maximum atomic E-state index is 12.6. The lowest BCUT2D eigenvalue weighted by molar-refractivity contribution is -0.142. The van der Waals surface area contributed by atoms with Crippen LogP contribution in [0.4, 0.5) is 0 Å². The predicted molar refractivity (Wildman–Crippen MR) is 78.4 cm³/mol. The Labute approximate surface area is 123 Å². The maximum Gasteiger partial charge on any atom is 0.308 e. The van der Waals surface area contributed by atoms with Gasteiger partial charge in [-0.1, -0.05) is 24.8 Å². The van der Waals surface area contributed by atoms with Crippen LogP contribution in [0.5, 0.6) is 5.75 Å². The maximum absolute atomic E-state index is 12.6. The zero-order valence-corrected chi connectivity index (χ0v) is 12.0. The molecule has 0 aliphatic carbocycles. The third-order valence-corrected chi connectivity index (χ3v) is 3.81. The molecule has 1 aromatic carbocycles. The molecule has 1 saturated heterocycles. The van der Waals surface area contributed by atoms with Crippen molar-refractivity contribution in [3.63, 3.8) is 0 Å². The standard InChI is InChI=1S/C16H19NO4/c1-3-10-21-14-7-5-4-6-13(14)15(18)17-9-8-12(11(17)2)16(19)20/h3-7,11-12H,1,8-10H2,2H3,(H,19,20). The van der Waals surface area contributed by atoms with E-state index in [1.807, 2.05) is 0 Å². The monoisotopic (exact) mass is 289 g/mol. The second-order valence-corrected chi connectivity index (χ2v) is 5.07. The largest absolute Gasteiger partial charge is 0.489 e. The minimum atomic E-state index is -0.853. The molecule has 1 amide bonds. The van der Waals surface area contributed by atoms with Crippen molar-refractivity contribution in [3.8, 4) is 5.75 Å². The van der Waals surface area contributed by atoms with Gasteiger partial charge < -0.3 is 14.7 Å². The number of benzene rings is 1. The first-order valence-electron chi connectivity index (χ1n) is 6.92. The number of likely N-dealkylation sites (tertiary alicyclic amines) is 1. The lowest BCUT2D eigenvalue weighted by Crippen LogP contribution is -2.37. The van der Waals surface area contributed by atoms with E-state index in [4.69, 9.17) is 9.84 Å². The van der Waals surface area contributed by atoms with E-state index >= 15 is 0 Å². The Morgan fingerprint density at radius 2 is 2.19 bits per heavy atom. The zero-order chi connectivity index (χ0) is 15.4. The molecule has 1 aromatic rings. The number of aliphatic carboxylic acids is 1. The number of rotatable bonds is 5. The van der Waals surface area contributed by atoms with Crippen molar-refractivity contribution in [2.75, 3.05) is 13.2 Å². The molecule has 21 heavy (non-hydrogen) atoms. The molecule has 0 radical (unpaired) electrons. The van der Waals surface area contributed by atoms with Gasteiger partial charge in [0, 0.05) is 12.6 Å². The fraction of sp³-hybridized carbons (Fsp3) is 0.375. The van der Waals surface area contributed by atoms with E-state index in [0.717, 1.165) is 0 Å². The van der Waals surface area contributed by atoms with Crippen LogP contribution < -0.4 is 4.74 Å². The molecule has 112 valence electrons. The van der Waals surface area contributed by atoms with Crippen molar-refractivity contribution in [1.29, 1.82) is 0 Å². The lowest BCUT2D eigenvalue weighted by Gasteiger charge is -2.24. The highest BCUT2D eigenvalue weighted by Crippen LogP contribution is 2.28. The van der Waals surface area contributed by atoms with Gasteiger partial charge in [-0.15, -0.1) is 0 Å². The number of carbonyl (C=O) groups excluding carboxylic acids is 1. The van der Waals surface area contributed by atoms with Crippen LogP contribution in [0.3, 0.4) is 0 Å². The van der Waals surface area contributed by atoms with Gasteiger partial charge in [-0.3, -0.25) is 9.59 Å². The van der Waals surface area contributed by atoms with Crippen molar-refractivity contribution >= 4 is 11.9 Å². The van der Waals surface area contributed by atoms with Gasteiger partial charge in [0.05, 0.1) is 11.5 Å². The van der Waals surface area contributed by atoms with Gasteiger partial charge in [0.1, 0.15) is 12.4 Å². The second kappa shape index (κ2) is 6.43. The van der Waals surface area contributed by atoms with Gasteiger partial charge in [0.2, 0.25) is 0 Å². The average molecular weight is 289 g/mol. The number of carbonyl (C=O) groups is 2. The van der Waals surface area contributed by atoms with Gasteiger partial charge >= 0.3 is 5.97 Å².